The number of anilines is 1. The van der Waals surface area contributed by atoms with Gasteiger partial charge < -0.3 is 15.2 Å². The second-order valence-corrected chi connectivity index (χ2v) is 5.67. The van der Waals surface area contributed by atoms with Crippen molar-refractivity contribution in [1.29, 1.82) is 5.26 Å². The fourth-order valence-corrected chi connectivity index (χ4v) is 2.22. The summed E-state index contributed by atoms with van der Waals surface area (Å²) in [4.78, 5) is 0. The van der Waals surface area contributed by atoms with Crippen LogP contribution in [0.15, 0.2) is 30.3 Å². The Bertz CT molecular complexity index is 713. The quantitative estimate of drug-likeness (QED) is 0.812. The molecule has 0 saturated heterocycles. The molecule has 0 aliphatic rings. The normalized spacial score (nSPS) is 13.1. The van der Waals surface area contributed by atoms with Crippen LogP contribution in [0.3, 0.4) is 0 Å². The summed E-state index contributed by atoms with van der Waals surface area (Å²) < 4.78 is 5.69. The van der Waals surface area contributed by atoms with Crippen molar-refractivity contribution in [2.45, 2.75) is 33.0 Å². The van der Waals surface area contributed by atoms with Crippen LogP contribution in [0, 0.1) is 25.2 Å². The Balaban J connectivity index is 1.87. The first-order chi connectivity index (χ1) is 11.5. The number of hydrogen-bond donors (Lipinski definition) is 2. The summed E-state index contributed by atoms with van der Waals surface area (Å²) >= 11 is 0. The second-order valence-electron chi connectivity index (χ2n) is 5.67. The number of aliphatic hydroxyl groups excluding tert-OH is 1. The number of aryl methyl sites for hydroxylation is 1. The van der Waals surface area contributed by atoms with Crippen molar-refractivity contribution in [3.05, 3.63) is 52.7 Å². The van der Waals surface area contributed by atoms with Crippen molar-refractivity contribution in [1.82, 2.24) is 10.2 Å². The van der Waals surface area contributed by atoms with Gasteiger partial charge in [0.05, 0.1) is 24.5 Å². The summed E-state index contributed by atoms with van der Waals surface area (Å²) in [5.41, 5.74) is 3.02. The smallest absolute Gasteiger partial charge is 0.167 e. The molecule has 24 heavy (non-hydrogen) atoms. The summed E-state index contributed by atoms with van der Waals surface area (Å²) in [7, 11) is 0. The second kappa shape index (κ2) is 8.39. The molecular formula is C18H22N4O2. The molecule has 0 radical (unpaired) electrons. The van der Waals surface area contributed by atoms with Gasteiger partial charge in [-0.2, -0.15) is 10.4 Å². The van der Waals surface area contributed by atoms with E-state index in [1.807, 2.05) is 44.2 Å². The molecule has 6 nitrogen and oxygen atoms in total. The molecule has 2 N–H and O–H groups in total. The molecule has 0 saturated carbocycles. The number of nitriles is 1. The van der Waals surface area contributed by atoms with E-state index in [9.17, 15) is 10.4 Å². The molecule has 1 aromatic heterocycles. The number of nitrogens with one attached hydrogen (secondary N) is 1. The van der Waals surface area contributed by atoms with Crippen molar-refractivity contribution in [3.63, 3.8) is 0 Å². The summed E-state index contributed by atoms with van der Waals surface area (Å²) in [6.45, 7) is 5.99. The maximum absolute atomic E-state index is 10.1. The molecule has 1 aromatic carbocycles. The van der Waals surface area contributed by atoms with Crippen molar-refractivity contribution < 1.29 is 9.84 Å². The fourth-order valence-electron chi connectivity index (χ4n) is 2.22. The molecule has 1 heterocycles. The Morgan fingerprint density at radius 2 is 1.96 bits per heavy atom. The first-order valence-electron chi connectivity index (χ1n) is 7.85. The zero-order valence-corrected chi connectivity index (χ0v) is 14.2. The van der Waals surface area contributed by atoms with Gasteiger partial charge in [-0.1, -0.05) is 30.3 Å². The molecule has 0 unspecified atom stereocenters. The van der Waals surface area contributed by atoms with Gasteiger partial charge in [-0.3, -0.25) is 0 Å². The van der Waals surface area contributed by atoms with E-state index in [1.54, 1.807) is 6.92 Å². The predicted octanol–water partition coefficient (Wildman–Crippen LogP) is 2.52. The van der Waals surface area contributed by atoms with Crippen molar-refractivity contribution >= 4 is 5.82 Å². The average Bonchev–Trinajstić information content (AvgIpc) is 2.61. The molecule has 2 atom stereocenters. The first kappa shape index (κ1) is 17.9. The van der Waals surface area contributed by atoms with E-state index in [-0.39, 0.29) is 19.3 Å². The van der Waals surface area contributed by atoms with Crippen LogP contribution < -0.4 is 5.32 Å². The molecular weight excluding hydrogens is 304 g/mol. The minimum absolute atomic E-state index is 0.100. The Morgan fingerprint density at radius 3 is 2.62 bits per heavy atom. The lowest BCUT2D eigenvalue weighted by molar-refractivity contribution is 0.00240. The number of nitrogens with zero attached hydrogens (tertiary/aromatic N) is 3. The maximum atomic E-state index is 10.1. The highest BCUT2D eigenvalue weighted by atomic mass is 16.5. The van der Waals surface area contributed by atoms with Crippen LogP contribution in [-0.2, 0) is 4.74 Å². The van der Waals surface area contributed by atoms with Crippen LogP contribution in [0.1, 0.15) is 35.4 Å². The minimum atomic E-state index is -0.717. The van der Waals surface area contributed by atoms with Gasteiger partial charge >= 0.3 is 0 Å². The van der Waals surface area contributed by atoms with Crippen molar-refractivity contribution in [2.24, 2.45) is 0 Å². The Morgan fingerprint density at radius 1 is 1.25 bits per heavy atom. The zero-order valence-electron chi connectivity index (χ0n) is 14.2. The van der Waals surface area contributed by atoms with E-state index in [2.05, 4.69) is 21.6 Å². The van der Waals surface area contributed by atoms with E-state index >= 15 is 0 Å². The highest BCUT2D eigenvalue weighted by molar-refractivity contribution is 5.55. The summed E-state index contributed by atoms with van der Waals surface area (Å²) in [6, 6.07) is 12.0. The highest BCUT2D eigenvalue weighted by Gasteiger charge is 2.13. The summed E-state index contributed by atoms with van der Waals surface area (Å²) in [6.07, 6.45) is -0.817. The summed E-state index contributed by atoms with van der Waals surface area (Å²) in [5.74, 6) is 0.385. The Kier molecular flexibility index (Phi) is 6.24. The predicted molar refractivity (Wildman–Crippen MR) is 91.5 cm³/mol. The standard InChI is InChI=1S/C18H22N4O2/c1-12-13(2)21-22-18(17(12)9-19)20-10-16(23)11-24-14(3)15-7-5-4-6-8-15/h4-8,14,16,23H,10-11H2,1-3H3,(H,20,22)/t14-,16+/m0/s1. The third kappa shape index (κ3) is 4.51. The lowest BCUT2D eigenvalue weighted by Crippen LogP contribution is -2.26. The minimum Gasteiger partial charge on any atom is -0.389 e. The van der Waals surface area contributed by atoms with E-state index in [4.69, 9.17) is 4.74 Å². The van der Waals surface area contributed by atoms with Gasteiger partial charge in [0.1, 0.15) is 11.6 Å². The van der Waals surface area contributed by atoms with E-state index < -0.39 is 6.10 Å². The number of aromatic nitrogens is 2. The number of ether oxygens (including phenoxy) is 1. The van der Waals surface area contributed by atoms with Gasteiger partial charge in [0.15, 0.2) is 5.82 Å². The molecule has 0 bridgehead atoms. The Labute approximate surface area is 142 Å². The van der Waals surface area contributed by atoms with Crippen LogP contribution >= 0.6 is 0 Å². The van der Waals surface area contributed by atoms with Crippen molar-refractivity contribution in [2.75, 3.05) is 18.5 Å². The third-order valence-corrected chi connectivity index (χ3v) is 3.88. The maximum Gasteiger partial charge on any atom is 0.167 e. The van der Waals surface area contributed by atoms with E-state index in [0.29, 0.717) is 11.4 Å². The summed E-state index contributed by atoms with van der Waals surface area (Å²) in [5, 5.41) is 30.3. The molecule has 6 heteroatoms. The van der Waals surface area contributed by atoms with Crippen LogP contribution in [-0.4, -0.2) is 34.6 Å². The van der Waals surface area contributed by atoms with Gasteiger partial charge in [-0.25, -0.2) is 0 Å². The van der Waals surface area contributed by atoms with Crippen LogP contribution in [0.5, 0.6) is 0 Å². The van der Waals surface area contributed by atoms with Crippen LogP contribution in [0.4, 0.5) is 5.82 Å². The van der Waals surface area contributed by atoms with Crippen LogP contribution in [0.25, 0.3) is 0 Å². The third-order valence-electron chi connectivity index (χ3n) is 3.88. The number of rotatable bonds is 7. The highest BCUT2D eigenvalue weighted by Crippen LogP contribution is 2.18. The number of aliphatic hydroxyl groups is 1. The number of hydrogen-bond acceptors (Lipinski definition) is 6. The Hall–Kier alpha value is -2.49. The van der Waals surface area contributed by atoms with Crippen LogP contribution in [0.2, 0.25) is 0 Å². The van der Waals surface area contributed by atoms with Gasteiger partial charge in [0.25, 0.3) is 0 Å². The van der Waals surface area contributed by atoms with Gasteiger partial charge in [-0.15, -0.1) is 5.10 Å². The topological polar surface area (TPSA) is 91.1 Å². The van der Waals surface area contributed by atoms with Gasteiger partial charge in [0, 0.05) is 6.54 Å². The van der Waals surface area contributed by atoms with E-state index in [1.165, 1.54) is 0 Å². The van der Waals surface area contributed by atoms with Gasteiger partial charge in [0.2, 0.25) is 0 Å². The molecule has 0 fully saturated rings. The van der Waals surface area contributed by atoms with Crippen molar-refractivity contribution in [3.8, 4) is 6.07 Å². The largest absolute Gasteiger partial charge is 0.389 e. The zero-order chi connectivity index (χ0) is 17.5. The SMILES string of the molecule is Cc1nnc(NC[C@@H](O)CO[C@@H](C)c2ccccc2)c(C#N)c1C. The molecule has 0 aliphatic heterocycles. The van der Waals surface area contributed by atoms with E-state index in [0.717, 1.165) is 16.8 Å². The molecule has 2 aromatic rings. The molecule has 0 amide bonds. The van der Waals surface area contributed by atoms with Gasteiger partial charge in [-0.05, 0) is 31.9 Å². The molecule has 126 valence electrons. The lowest BCUT2D eigenvalue weighted by atomic mass is 10.1. The number of benzene rings is 1. The monoisotopic (exact) mass is 326 g/mol. The fraction of sp³-hybridized carbons (Fsp3) is 0.389. The first-order valence-corrected chi connectivity index (χ1v) is 7.85. The lowest BCUT2D eigenvalue weighted by Gasteiger charge is -2.18. The molecule has 0 aliphatic carbocycles. The average molecular weight is 326 g/mol. The molecule has 2 rings (SSSR count). The molecule has 0 spiro atoms.